The molecule has 234 valence electrons. The lowest BCUT2D eigenvalue weighted by Crippen LogP contribution is -2.37. The molecule has 0 radical (unpaired) electrons. The second-order valence-electron chi connectivity index (χ2n) is 11.2. The van der Waals surface area contributed by atoms with Crippen molar-refractivity contribution in [1.29, 1.82) is 0 Å². The highest BCUT2D eigenvalue weighted by molar-refractivity contribution is 6.25. The Morgan fingerprint density at radius 3 is 1.76 bits per heavy atom. The average Bonchev–Trinajstić information content (AvgIpc) is 3.05. The number of nitrogens with zero attached hydrogens (tertiary/aromatic N) is 2. The Morgan fingerprint density at radius 2 is 1.16 bits per heavy atom. The van der Waals surface area contributed by atoms with Crippen molar-refractivity contribution in [2.75, 3.05) is 18.0 Å². The van der Waals surface area contributed by atoms with Gasteiger partial charge < -0.3 is 22.3 Å². The Kier molecular flexibility index (Phi) is 12.3. The summed E-state index contributed by atoms with van der Waals surface area (Å²) >= 11 is 0. The summed E-state index contributed by atoms with van der Waals surface area (Å²) in [7, 11) is 0. The van der Waals surface area contributed by atoms with Crippen LogP contribution < -0.4 is 22.1 Å². The second-order valence-corrected chi connectivity index (χ2v) is 11.2. The van der Waals surface area contributed by atoms with Crippen molar-refractivity contribution in [3.8, 4) is 5.75 Å². The van der Waals surface area contributed by atoms with Crippen molar-refractivity contribution >= 4 is 23.5 Å². The lowest BCUT2D eigenvalue weighted by Gasteiger charge is -2.22. The number of aromatic hydroxyl groups is 1. The highest BCUT2D eigenvalue weighted by Gasteiger charge is 2.27. The first-order valence-corrected chi connectivity index (χ1v) is 15.5. The molecule has 0 aliphatic heterocycles. The van der Waals surface area contributed by atoms with Gasteiger partial charge in [0.2, 0.25) is 0 Å². The quantitative estimate of drug-likeness (QED) is 0.0605. The summed E-state index contributed by atoms with van der Waals surface area (Å²) in [6.07, 6.45) is 6.55. The van der Waals surface area contributed by atoms with Crippen molar-refractivity contribution in [1.82, 2.24) is 0 Å². The Labute approximate surface area is 265 Å². The van der Waals surface area contributed by atoms with E-state index in [4.69, 9.17) is 17.2 Å². The van der Waals surface area contributed by atoms with E-state index in [9.17, 15) is 14.7 Å². The van der Waals surface area contributed by atoms with E-state index in [-0.39, 0.29) is 23.5 Å². The minimum Gasteiger partial charge on any atom is -0.508 e. The molecule has 0 aliphatic carbocycles. The molecule has 0 aliphatic rings. The molecule has 0 heterocycles. The first kappa shape index (κ1) is 33.0. The number of aryl methyl sites for hydroxylation is 4. The van der Waals surface area contributed by atoms with Crippen molar-refractivity contribution < 1.29 is 14.7 Å². The highest BCUT2D eigenvalue weighted by atomic mass is 16.3. The zero-order valence-electron chi connectivity index (χ0n) is 25.7. The molecule has 8 nitrogen and oxygen atoms in total. The van der Waals surface area contributed by atoms with Gasteiger partial charge in [0.15, 0.2) is 5.96 Å². The normalized spacial score (nSPS) is 10.8. The number of unbranched alkanes of at least 4 members (excludes halogenated alkanes) is 1. The maximum atomic E-state index is 14.2. The largest absolute Gasteiger partial charge is 0.508 e. The van der Waals surface area contributed by atoms with E-state index >= 15 is 0 Å². The fourth-order valence-electron chi connectivity index (χ4n) is 5.28. The van der Waals surface area contributed by atoms with Gasteiger partial charge in [0, 0.05) is 17.7 Å². The number of imide groups is 1. The van der Waals surface area contributed by atoms with E-state index in [0.29, 0.717) is 36.3 Å². The lowest BCUT2D eigenvalue weighted by atomic mass is 10.0. The van der Waals surface area contributed by atoms with Crippen LogP contribution in [0.25, 0.3) is 0 Å². The Morgan fingerprint density at radius 1 is 0.622 bits per heavy atom. The van der Waals surface area contributed by atoms with Gasteiger partial charge in [-0.3, -0.25) is 14.6 Å². The number of guanidine groups is 1. The van der Waals surface area contributed by atoms with E-state index in [0.717, 1.165) is 67.2 Å². The number of phenolic OH excluding ortho intramolecular Hbond substituents is 1. The molecule has 4 aromatic carbocycles. The second kappa shape index (κ2) is 16.8. The van der Waals surface area contributed by atoms with Crippen LogP contribution in [0.2, 0.25) is 0 Å². The molecule has 45 heavy (non-hydrogen) atoms. The summed E-state index contributed by atoms with van der Waals surface area (Å²) in [4.78, 5) is 33.7. The van der Waals surface area contributed by atoms with Gasteiger partial charge in [0.25, 0.3) is 11.8 Å². The van der Waals surface area contributed by atoms with Crippen LogP contribution in [0.15, 0.2) is 102 Å². The minimum atomic E-state index is -0.383. The maximum Gasteiger partial charge on any atom is 0.265 e. The molecular formula is C37H43N5O3. The Hall–Kier alpha value is -4.95. The number of anilines is 1. The van der Waals surface area contributed by atoms with Gasteiger partial charge in [-0.1, -0.05) is 48.5 Å². The van der Waals surface area contributed by atoms with Gasteiger partial charge in [-0.25, -0.2) is 4.90 Å². The summed E-state index contributed by atoms with van der Waals surface area (Å²) in [5, 5.41) is 9.54. The van der Waals surface area contributed by atoms with Crippen LogP contribution in [0.1, 0.15) is 68.7 Å². The zero-order valence-corrected chi connectivity index (χ0v) is 25.7. The molecular weight excluding hydrogens is 562 g/mol. The van der Waals surface area contributed by atoms with Crippen LogP contribution in [0, 0.1) is 0 Å². The van der Waals surface area contributed by atoms with Crippen molar-refractivity contribution in [3.63, 3.8) is 0 Å². The molecule has 7 N–H and O–H groups in total. The van der Waals surface area contributed by atoms with Gasteiger partial charge in [-0.15, -0.1) is 0 Å². The van der Waals surface area contributed by atoms with Crippen LogP contribution in [-0.4, -0.2) is 36.0 Å². The number of carbonyl (C=O) groups excluding carboxylic acids is 2. The molecule has 0 spiro atoms. The number of hydrogen-bond donors (Lipinski definition) is 4. The van der Waals surface area contributed by atoms with Gasteiger partial charge >= 0.3 is 0 Å². The maximum absolute atomic E-state index is 14.2. The molecule has 0 saturated carbocycles. The number of carbonyl (C=O) groups is 2. The SMILES string of the molecule is NCCCCc1cccc(C(=O)N(C(=O)c2cccc(CCCc3ccc(O)cc3)c2)c2cccc(CCCN=C(N)N)c2)c1. The van der Waals surface area contributed by atoms with Crippen LogP contribution in [-0.2, 0) is 25.7 Å². The molecule has 4 aromatic rings. The molecule has 8 heteroatoms. The zero-order chi connectivity index (χ0) is 32.0. The average molecular weight is 606 g/mol. The molecule has 0 aromatic heterocycles. The predicted octanol–water partition coefficient (Wildman–Crippen LogP) is 5.54. The molecule has 0 saturated heterocycles. The van der Waals surface area contributed by atoms with Gasteiger partial charge in [0.05, 0.1) is 5.69 Å². The van der Waals surface area contributed by atoms with E-state index in [1.165, 1.54) is 4.90 Å². The minimum absolute atomic E-state index is 0.0546. The monoisotopic (exact) mass is 605 g/mol. The fraction of sp³-hybridized carbons (Fsp3) is 0.270. The van der Waals surface area contributed by atoms with Crippen molar-refractivity contribution in [3.05, 3.63) is 130 Å². The smallest absolute Gasteiger partial charge is 0.265 e. The topological polar surface area (TPSA) is 148 Å². The van der Waals surface area contributed by atoms with Crippen molar-refractivity contribution in [2.24, 2.45) is 22.2 Å². The first-order chi connectivity index (χ1) is 21.8. The molecule has 0 atom stereocenters. The number of nitrogens with two attached hydrogens (primary N) is 3. The Bertz CT molecular complexity index is 1600. The van der Waals surface area contributed by atoms with Crippen molar-refractivity contribution in [2.45, 2.75) is 51.4 Å². The third-order valence-electron chi connectivity index (χ3n) is 7.63. The van der Waals surface area contributed by atoms with Crippen LogP contribution in [0.3, 0.4) is 0 Å². The molecule has 0 bridgehead atoms. The molecule has 2 amide bonds. The summed E-state index contributed by atoms with van der Waals surface area (Å²) in [6.45, 7) is 1.11. The number of benzene rings is 4. The summed E-state index contributed by atoms with van der Waals surface area (Å²) in [6, 6.07) is 29.7. The van der Waals surface area contributed by atoms with E-state index in [1.54, 1.807) is 30.3 Å². The summed E-state index contributed by atoms with van der Waals surface area (Å²) < 4.78 is 0. The van der Waals surface area contributed by atoms with Crippen LogP contribution >= 0.6 is 0 Å². The molecule has 0 fully saturated rings. The van der Waals surface area contributed by atoms with E-state index in [2.05, 4.69) is 4.99 Å². The predicted molar refractivity (Wildman–Crippen MR) is 182 cm³/mol. The number of phenols is 1. The Balaban J connectivity index is 1.59. The van der Waals surface area contributed by atoms with Gasteiger partial charge in [-0.2, -0.15) is 0 Å². The number of rotatable bonds is 15. The third-order valence-corrected chi connectivity index (χ3v) is 7.63. The van der Waals surface area contributed by atoms with Gasteiger partial charge in [-0.05, 0) is 129 Å². The van der Waals surface area contributed by atoms with Crippen LogP contribution in [0.5, 0.6) is 5.75 Å². The molecule has 0 unspecified atom stereocenters. The number of amides is 2. The molecule has 4 rings (SSSR count). The third kappa shape index (κ3) is 10.0. The first-order valence-electron chi connectivity index (χ1n) is 15.5. The van der Waals surface area contributed by atoms with E-state index in [1.807, 2.05) is 66.7 Å². The van der Waals surface area contributed by atoms with Gasteiger partial charge in [0.1, 0.15) is 5.75 Å². The summed E-state index contributed by atoms with van der Waals surface area (Å²) in [5.74, 6) is -0.458. The van der Waals surface area contributed by atoms with E-state index < -0.39 is 0 Å². The highest BCUT2D eigenvalue weighted by Crippen LogP contribution is 2.24. The lowest BCUT2D eigenvalue weighted by molar-refractivity contribution is 0.0897. The standard InChI is InChI=1S/C37H43N5O3/c38-22-2-1-8-28-11-4-15-31(24-28)35(44)42(33-17-6-13-30(26-33)14-7-23-41-37(39)40)36(45)32-16-5-12-29(25-32)10-3-9-27-18-20-34(43)21-19-27/h4-6,11-13,15-21,24-26,43H,1-3,7-10,14,22-23,38H2,(H4,39,40,41). The summed E-state index contributed by atoms with van der Waals surface area (Å²) in [5.41, 5.74) is 22.2. The van der Waals surface area contributed by atoms with Crippen LogP contribution in [0.4, 0.5) is 5.69 Å². The number of aliphatic imine (C=N–C) groups is 1. The fourth-order valence-corrected chi connectivity index (χ4v) is 5.28. The number of hydrogen-bond acceptors (Lipinski definition) is 5.